The van der Waals surface area contributed by atoms with E-state index in [-0.39, 0.29) is 26.6 Å². The molecular weight excluding hydrogens is 415 g/mol. The molecule has 0 bridgehead atoms. The topological polar surface area (TPSA) is 65.7 Å². The number of halogens is 3. The van der Waals surface area contributed by atoms with Crippen LogP contribution >= 0.6 is 34.8 Å². The van der Waals surface area contributed by atoms with Gasteiger partial charge in [-0.15, -0.1) is 0 Å². The van der Waals surface area contributed by atoms with Gasteiger partial charge in [-0.05, 0) is 30.2 Å². The Morgan fingerprint density at radius 1 is 1.04 bits per heavy atom. The Bertz CT molecular complexity index is 1070. The fourth-order valence-electron chi connectivity index (χ4n) is 2.48. The molecule has 1 aromatic heterocycles. The number of esters is 1. The molecule has 0 atom stereocenters. The molecule has 0 radical (unpaired) electrons. The van der Waals surface area contributed by atoms with Crippen molar-refractivity contribution in [2.45, 2.75) is 13.3 Å². The second-order valence-electron chi connectivity index (χ2n) is 5.56. The van der Waals surface area contributed by atoms with Gasteiger partial charge in [0.25, 0.3) is 0 Å². The van der Waals surface area contributed by atoms with Gasteiger partial charge in [0.2, 0.25) is 0 Å². The molecule has 3 rings (SSSR count). The van der Waals surface area contributed by atoms with E-state index in [1.165, 1.54) is 24.3 Å². The van der Waals surface area contributed by atoms with Crippen molar-refractivity contribution in [3.63, 3.8) is 0 Å². The number of carbonyl (C=O) groups excluding carboxylic acids is 1. The first-order valence-electron chi connectivity index (χ1n) is 7.92. The first-order chi connectivity index (χ1) is 12.9. The maximum Gasteiger partial charge on any atom is 0.349 e. The van der Waals surface area contributed by atoms with Gasteiger partial charge < -0.3 is 13.9 Å². The molecule has 0 aliphatic heterocycles. The van der Waals surface area contributed by atoms with Crippen LogP contribution < -0.4 is 15.1 Å². The molecule has 0 saturated heterocycles. The summed E-state index contributed by atoms with van der Waals surface area (Å²) in [6, 6.07) is 9.12. The Kier molecular flexibility index (Phi) is 5.95. The van der Waals surface area contributed by atoms with Gasteiger partial charge in [-0.3, -0.25) is 0 Å². The summed E-state index contributed by atoms with van der Waals surface area (Å²) in [5.41, 5.74) is 0.746. The monoisotopic (exact) mass is 426 g/mol. The first kappa shape index (κ1) is 19.5. The van der Waals surface area contributed by atoms with Crippen LogP contribution in [-0.4, -0.2) is 12.6 Å². The second kappa shape index (κ2) is 8.21. The third-order valence-corrected chi connectivity index (χ3v) is 4.75. The fraction of sp³-hybridized carbons (Fsp3) is 0.158. The van der Waals surface area contributed by atoms with Gasteiger partial charge in [-0.25, -0.2) is 9.59 Å². The van der Waals surface area contributed by atoms with Crippen molar-refractivity contribution in [3.05, 3.63) is 67.4 Å². The maximum absolute atomic E-state index is 12.0. The smallest absolute Gasteiger partial charge is 0.349 e. The largest absolute Gasteiger partial charge is 0.480 e. The number of rotatable bonds is 5. The predicted molar refractivity (Wildman–Crippen MR) is 104 cm³/mol. The van der Waals surface area contributed by atoms with E-state index in [4.69, 9.17) is 48.7 Å². The lowest BCUT2D eigenvalue weighted by Crippen LogP contribution is -2.17. The number of hydrogen-bond donors (Lipinski definition) is 0. The molecule has 0 aliphatic rings. The highest BCUT2D eigenvalue weighted by Crippen LogP contribution is 2.33. The van der Waals surface area contributed by atoms with Crippen LogP contribution in [0.3, 0.4) is 0 Å². The van der Waals surface area contributed by atoms with E-state index in [2.05, 4.69) is 0 Å². The number of benzene rings is 2. The highest BCUT2D eigenvalue weighted by molar-refractivity contribution is 6.43. The zero-order valence-electron chi connectivity index (χ0n) is 14.1. The maximum atomic E-state index is 12.0. The average Bonchev–Trinajstić information content (AvgIpc) is 2.62. The first-order valence-corrected chi connectivity index (χ1v) is 9.05. The summed E-state index contributed by atoms with van der Waals surface area (Å²) in [5.74, 6) is -0.224. The lowest BCUT2D eigenvalue weighted by atomic mass is 10.1. The van der Waals surface area contributed by atoms with Crippen LogP contribution in [0.5, 0.6) is 11.5 Å². The van der Waals surface area contributed by atoms with Crippen molar-refractivity contribution < 1.29 is 18.7 Å². The van der Waals surface area contributed by atoms with Crippen molar-refractivity contribution in [1.29, 1.82) is 0 Å². The molecule has 2 aromatic carbocycles. The van der Waals surface area contributed by atoms with Gasteiger partial charge in [0.05, 0.1) is 15.1 Å². The van der Waals surface area contributed by atoms with Gasteiger partial charge in [0.15, 0.2) is 6.61 Å². The molecule has 0 N–H and O–H groups in total. The van der Waals surface area contributed by atoms with E-state index >= 15 is 0 Å². The summed E-state index contributed by atoms with van der Waals surface area (Å²) in [5, 5.41) is 1.54. The molecule has 0 spiro atoms. The third kappa shape index (κ3) is 4.56. The summed E-state index contributed by atoms with van der Waals surface area (Å²) < 4.78 is 15.7. The van der Waals surface area contributed by atoms with Crippen molar-refractivity contribution >= 4 is 51.7 Å². The number of hydrogen-bond acceptors (Lipinski definition) is 5. The Morgan fingerprint density at radius 2 is 1.78 bits per heavy atom. The molecule has 8 heteroatoms. The molecule has 5 nitrogen and oxygen atoms in total. The van der Waals surface area contributed by atoms with Crippen LogP contribution in [0.1, 0.15) is 12.5 Å². The Hall–Kier alpha value is -2.21. The predicted octanol–water partition coefficient (Wildman–Crippen LogP) is 5.30. The average molecular weight is 428 g/mol. The lowest BCUT2D eigenvalue weighted by Gasteiger charge is -2.10. The Labute approximate surface area is 169 Å². The molecule has 140 valence electrons. The lowest BCUT2D eigenvalue weighted by molar-refractivity contribution is -0.136. The molecule has 0 amide bonds. The zero-order valence-corrected chi connectivity index (χ0v) is 16.3. The highest BCUT2D eigenvalue weighted by Gasteiger charge is 2.12. The van der Waals surface area contributed by atoms with E-state index in [9.17, 15) is 9.59 Å². The van der Waals surface area contributed by atoms with Crippen molar-refractivity contribution in [3.8, 4) is 11.5 Å². The zero-order chi connectivity index (χ0) is 19.6. The van der Waals surface area contributed by atoms with Crippen molar-refractivity contribution in [2.75, 3.05) is 6.61 Å². The summed E-state index contributed by atoms with van der Waals surface area (Å²) >= 11 is 17.7. The molecule has 27 heavy (non-hydrogen) atoms. The quantitative estimate of drug-likeness (QED) is 0.239. The Balaban J connectivity index is 1.73. The summed E-state index contributed by atoms with van der Waals surface area (Å²) in [6.45, 7) is 1.54. The van der Waals surface area contributed by atoms with E-state index in [1.807, 2.05) is 6.92 Å². The van der Waals surface area contributed by atoms with Gasteiger partial charge in [-0.2, -0.15) is 0 Å². The SMILES string of the molecule is CCc1cc(=O)oc2cc(OC(=O)COc3cc(Cl)c(Cl)cc3Cl)ccc12. The van der Waals surface area contributed by atoms with E-state index in [0.717, 1.165) is 10.9 Å². The number of ether oxygens (including phenoxy) is 2. The molecule has 3 aromatic rings. The van der Waals surface area contributed by atoms with Gasteiger partial charge in [-0.1, -0.05) is 41.7 Å². The fourth-order valence-corrected chi connectivity index (χ4v) is 3.07. The minimum absolute atomic E-state index is 0.208. The van der Waals surface area contributed by atoms with Crippen LogP contribution in [0.15, 0.2) is 45.6 Å². The number of carbonyl (C=O) groups is 1. The molecule has 0 aliphatic carbocycles. The van der Waals surface area contributed by atoms with Crippen LogP contribution in [0, 0.1) is 0 Å². The van der Waals surface area contributed by atoms with E-state index < -0.39 is 18.2 Å². The van der Waals surface area contributed by atoms with Crippen LogP contribution in [0.2, 0.25) is 15.1 Å². The summed E-state index contributed by atoms with van der Waals surface area (Å²) in [4.78, 5) is 23.6. The molecule has 1 heterocycles. The van der Waals surface area contributed by atoms with E-state index in [0.29, 0.717) is 12.0 Å². The summed E-state index contributed by atoms with van der Waals surface area (Å²) in [7, 11) is 0. The minimum atomic E-state index is -0.662. The van der Waals surface area contributed by atoms with Crippen molar-refractivity contribution in [1.82, 2.24) is 0 Å². The van der Waals surface area contributed by atoms with Gasteiger partial charge >= 0.3 is 11.6 Å². The van der Waals surface area contributed by atoms with Gasteiger partial charge in [0.1, 0.15) is 17.1 Å². The van der Waals surface area contributed by atoms with Crippen molar-refractivity contribution in [2.24, 2.45) is 0 Å². The molecule has 0 saturated carbocycles. The van der Waals surface area contributed by atoms with Crippen LogP contribution in [0.25, 0.3) is 11.0 Å². The normalized spacial score (nSPS) is 10.8. The molecular formula is C19H13Cl3O5. The number of fused-ring (bicyclic) bond motifs is 1. The van der Waals surface area contributed by atoms with Gasteiger partial charge in [0, 0.05) is 23.6 Å². The molecule has 0 fully saturated rings. The molecule has 0 unspecified atom stereocenters. The standard InChI is InChI=1S/C19H13Cl3O5/c1-2-10-5-18(23)27-16-6-11(3-4-12(10)16)26-19(24)9-25-17-8-14(21)13(20)7-15(17)22/h3-8H,2,9H2,1H3. The minimum Gasteiger partial charge on any atom is -0.480 e. The third-order valence-electron chi connectivity index (χ3n) is 3.73. The number of aryl methyl sites for hydroxylation is 1. The van der Waals surface area contributed by atoms with E-state index in [1.54, 1.807) is 12.1 Å². The van der Waals surface area contributed by atoms with Crippen LogP contribution in [0.4, 0.5) is 0 Å². The second-order valence-corrected chi connectivity index (χ2v) is 6.78. The summed E-state index contributed by atoms with van der Waals surface area (Å²) in [6.07, 6.45) is 0.680. The Morgan fingerprint density at radius 3 is 2.52 bits per heavy atom. The highest BCUT2D eigenvalue weighted by atomic mass is 35.5. The van der Waals surface area contributed by atoms with Crippen LogP contribution in [-0.2, 0) is 11.2 Å².